The van der Waals surface area contributed by atoms with Crippen molar-refractivity contribution in [3.8, 4) is 0 Å². The van der Waals surface area contributed by atoms with Crippen LogP contribution in [0.2, 0.25) is 0 Å². The largest absolute Gasteiger partial charge is 0.276 e. The van der Waals surface area contributed by atoms with Crippen LogP contribution in [-0.2, 0) is 0 Å². The van der Waals surface area contributed by atoms with Crippen molar-refractivity contribution in [3.05, 3.63) is 24.6 Å². The summed E-state index contributed by atoms with van der Waals surface area (Å²) >= 11 is 0. The minimum atomic E-state index is 0.883. The summed E-state index contributed by atoms with van der Waals surface area (Å²) in [7, 11) is 4.54. The molecule has 0 aliphatic rings. The lowest BCUT2D eigenvalue weighted by Crippen LogP contribution is -2.25. The molecule has 0 aromatic rings. The first kappa shape index (κ1) is 26.4. The van der Waals surface area contributed by atoms with Crippen LogP contribution in [0, 0.1) is 0 Å². The van der Waals surface area contributed by atoms with Crippen LogP contribution >= 0.6 is 0 Å². The van der Waals surface area contributed by atoms with Gasteiger partial charge in [0, 0.05) is 0 Å². The van der Waals surface area contributed by atoms with Crippen molar-refractivity contribution < 1.29 is 4.48 Å². The third kappa shape index (κ3) is 21.6. The highest BCUT2D eigenvalue weighted by atomic mass is 15.3. The number of hydrogen-bond donors (Lipinski definition) is 0. The van der Waals surface area contributed by atoms with E-state index in [4.69, 9.17) is 0 Å². The molecular formula is C26H52N+. The van der Waals surface area contributed by atoms with E-state index in [1.165, 1.54) is 116 Å². The molecule has 0 unspecified atom stereocenters. The molecule has 1 heteroatoms. The smallest absolute Gasteiger partial charge is 0.0959 e. The van der Waals surface area contributed by atoms with Crippen molar-refractivity contribution in [2.24, 2.45) is 0 Å². The predicted molar refractivity (Wildman–Crippen MR) is 125 cm³/mol. The highest BCUT2D eigenvalue weighted by Crippen LogP contribution is 2.12. The maximum absolute atomic E-state index is 2.39. The molecule has 0 aliphatic carbocycles. The van der Waals surface area contributed by atoms with Gasteiger partial charge in [0.15, 0.2) is 0 Å². The van der Waals surface area contributed by atoms with Crippen LogP contribution in [0.15, 0.2) is 24.6 Å². The number of rotatable bonds is 20. The van der Waals surface area contributed by atoms with Crippen molar-refractivity contribution in [1.82, 2.24) is 0 Å². The first-order chi connectivity index (χ1) is 13.1. The second kappa shape index (κ2) is 20.2. The first-order valence-corrected chi connectivity index (χ1v) is 12.3. The lowest BCUT2D eigenvalue weighted by Gasteiger charge is -2.19. The van der Waals surface area contributed by atoms with Crippen molar-refractivity contribution in [1.29, 1.82) is 0 Å². The Balaban J connectivity index is 3.54. The summed E-state index contributed by atoms with van der Waals surface area (Å²) in [5, 5.41) is 0. The minimum absolute atomic E-state index is 0.883. The van der Waals surface area contributed by atoms with E-state index in [2.05, 4.69) is 52.5 Å². The summed E-state index contributed by atoms with van der Waals surface area (Å²) in [5.74, 6) is 0. The molecule has 0 atom stereocenters. The molecule has 0 bridgehead atoms. The van der Waals surface area contributed by atoms with Gasteiger partial charge in [-0.15, -0.1) is 0 Å². The van der Waals surface area contributed by atoms with Crippen molar-refractivity contribution in [2.75, 3.05) is 14.1 Å². The highest BCUT2D eigenvalue weighted by molar-refractivity contribution is 4.80. The topological polar surface area (TPSA) is 0 Å². The first-order valence-electron chi connectivity index (χ1n) is 12.3. The summed E-state index contributed by atoms with van der Waals surface area (Å²) in [6.07, 6.45) is 34.5. The molecule has 27 heavy (non-hydrogen) atoms. The van der Waals surface area contributed by atoms with Gasteiger partial charge < -0.3 is 0 Å². The Morgan fingerprint density at radius 1 is 0.444 bits per heavy atom. The SMILES string of the molecule is CCCCCCCCCC/C=C/[N+](C)(C)/C=C/CCCCCCCCCC. The summed E-state index contributed by atoms with van der Waals surface area (Å²) in [4.78, 5) is 0. The van der Waals surface area contributed by atoms with E-state index in [9.17, 15) is 0 Å². The monoisotopic (exact) mass is 378 g/mol. The van der Waals surface area contributed by atoms with Gasteiger partial charge in [0.25, 0.3) is 0 Å². The van der Waals surface area contributed by atoms with E-state index in [0.29, 0.717) is 0 Å². The van der Waals surface area contributed by atoms with E-state index in [0.717, 1.165) is 4.48 Å². The van der Waals surface area contributed by atoms with Crippen LogP contribution in [-0.4, -0.2) is 18.6 Å². The quantitative estimate of drug-likeness (QED) is 0.146. The number of nitrogens with zero attached hydrogens (tertiary/aromatic N) is 1. The summed E-state index contributed by atoms with van der Waals surface area (Å²) in [6, 6.07) is 0. The molecule has 0 heterocycles. The fourth-order valence-electron chi connectivity index (χ4n) is 3.53. The van der Waals surface area contributed by atoms with Crippen molar-refractivity contribution in [2.45, 2.75) is 129 Å². The molecule has 1 nitrogen and oxygen atoms in total. The van der Waals surface area contributed by atoms with Gasteiger partial charge in [0.2, 0.25) is 0 Å². The second-order valence-electron chi connectivity index (χ2n) is 8.93. The van der Waals surface area contributed by atoms with Crippen LogP contribution in [0.4, 0.5) is 0 Å². The maximum atomic E-state index is 2.39. The van der Waals surface area contributed by atoms with Gasteiger partial charge in [-0.2, -0.15) is 0 Å². The molecule has 0 N–H and O–H groups in total. The molecule has 0 spiro atoms. The van der Waals surface area contributed by atoms with Crippen molar-refractivity contribution >= 4 is 0 Å². The average Bonchev–Trinajstić information content (AvgIpc) is 2.64. The van der Waals surface area contributed by atoms with Gasteiger partial charge in [-0.05, 0) is 37.8 Å². The summed E-state index contributed by atoms with van der Waals surface area (Å²) < 4.78 is 0.883. The predicted octanol–water partition coefficient (Wildman–Crippen LogP) is 9.15. The average molecular weight is 379 g/mol. The Kier molecular flexibility index (Phi) is 19.8. The van der Waals surface area contributed by atoms with E-state index in [-0.39, 0.29) is 0 Å². The van der Waals surface area contributed by atoms with Gasteiger partial charge in [-0.1, -0.05) is 104 Å². The van der Waals surface area contributed by atoms with Crippen molar-refractivity contribution in [3.63, 3.8) is 0 Å². The molecule has 0 aliphatic heterocycles. The van der Waals surface area contributed by atoms with E-state index < -0.39 is 0 Å². The number of quaternary nitrogens is 1. The Morgan fingerprint density at radius 2 is 0.741 bits per heavy atom. The van der Waals surface area contributed by atoms with Gasteiger partial charge >= 0.3 is 0 Å². The third-order valence-electron chi connectivity index (χ3n) is 5.43. The standard InChI is InChI=1S/C26H52N/c1-5-7-9-11-13-15-17-19-21-23-25-27(3,4)26-24-22-20-18-16-14-12-10-8-6-2/h23-26H,5-22H2,1-4H3/q+1/b25-23+,26-24+. The Bertz CT molecular complexity index is 308. The zero-order chi connectivity index (χ0) is 20.1. The molecule has 160 valence electrons. The fraction of sp³-hybridized carbons (Fsp3) is 0.846. The Labute approximate surface area is 172 Å². The second-order valence-corrected chi connectivity index (χ2v) is 8.93. The lowest BCUT2D eigenvalue weighted by atomic mass is 10.1. The fourth-order valence-corrected chi connectivity index (χ4v) is 3.53. The maximum Gasteiger partial charge on any atom is 0.0959 e. The van der Waals surface area contributed by atoms with Crippen LogP contribution < -0.4 is 0 Å². The van der Waals surface area contributed by atoms with E-state index >= 15 is 0 Å². The highest BCUT2D eigenvalue weighted by Gasteiger charge is 2.04. The minimum Gasteiger partial charge on any atom is -0.276 e. The Hall–Kier alpha value is -0.560. The molecule has 0 aromatic heterocycles. The summed E-state index contributed by atoms with van der Waals surface area (Å²) in [6.45, 7) is 4.58. The zero-order valence-electron chi connectivity index (χ0n) is 19.5. The van der Waals surface area contributed by atoms with Crippen LogP contribution in [0.3, 0.4) is 0 Å². The normalized spacial score (nSPS) is 12.6. The Morgan fingerprint density at radius 3 is 1.07 bits per heavy atom. The number of unbranched alkanes of at least 4 members (excludes halogenated alkanes) is 16. The van der Waals surface area contributed by atoms with Gasteiger partial charge in [-0.3, -0.25) is 4.48 Å². The molecular weight excluding hydrogens is 326 g/mol. The molecule has 0 rings (SSSR count). The van der Waals surface area contributed by atoms with Gasteiger partial charge in [-0.25, -0.2) is 0 Å². The van der Waals surface area contributed by atoms with Gasteiger partial charge in [0.05, 0.1) is 26.5 Å². The molecule has 0 aromatic carbocycles. The van der Waals surface area contributed by atoms with Crippen LogP contribution in [0.25, 0.3) is 0 Å². The lowest BCUT2D eigenvalue weighted by molar-refractivity contribution is -0.784. The van der Waals surface area contributed by atoms with Crippen LogP contribution in [0.1, 0.15) is 129 Å². The molecule has 0 amide bonds. The van der Waals surface area contributed by atoms with Gasteiger partial charge in [0.1, 0.15) is 0 Å². The summed E-state index contributed by atoms with van der Waals surface area (Å²) in [5.41, 5.74) is 0. The third-order valence-corrected chi connectivity index (χ3v) is 5.43. The zero-order valence-corrected chi connectivity index (χ0v) is 19.5. The number of allylic oxidation sites excluding steroid dienone is 2. The van der Waals surface area contributed by atoms with E-state index in [1.54, 1.807) is 0 Å². The molecule has 0 saturated carbocycles. The van der Waals surface area contributed by atoms with E-state index in [1.807, 2.05) is 0 Å². The van der Waals surface area contributed by atoms with Crippen LogP contribution in [0.5, 0.6) is 0 Å². The number of hydrogen-bond acceptors (Lipinski definition) is 0. The molecule has 0 saturated heterocycles. The molecule has 0 radical (unpaired) electrons. The molecule has 0 fully saturated rings.